The van der Waals surface area contributed by atoms with Gasteiger partial charge in [0.25, 0.3) is 5.91 Å². The van der Waals surface area contributed by atoms with Crippen LogP contribution in [0, 0.1) is 0 Å². The van der Waals surface area contributed by atoms with Crippen LogP contribution in [0.25, 0.3) is 0 Å². The molecule has 4 heteroatoms. The predicted octanol–water partition coefficient (Wildman–Crippen LogP) is -1.57. The van der Waals surface area contributed by atoms with E-state index < -0.39 is 11.6 Å². The molecule has 0 bridgehead atoms. The zero-order valence-electron chi connectivity index (χ0n) is 4.06. The highest BCUT2D eigenvalue weighted by Crippen LogP contribution is 1.82. The van der Waals surface area contributed by atoms with Crippen LogP contribution in [0.5, 0.6) is 0 Å². The minimum atomic E-state index is -1.47. The lowest BCUT2D eigenvalue weighted by atomic mass is 10.2. The Balaban J connectivity index is 3.79. The molecule has 0 aromatic heterocycles. The Morgan fingerprint density at radius 1 is 1.71 bits per heavy atom. The topological polar surface area (TPSA) is 92.9 Å². The molecule has 0 aromatic carbocycles. The van der Waals surface area contributed by atoms with Crippen LogP contribution in [0.2, 0.25) is 0 Å². The minimum absolute atomic E-state index is 0.951. The number of hydrogen-bond donors (Lipinski definition) is 2. The molecule has 0 saturated heterocycles. The van der Waals surface area contributed by atoms with Gasteiger partial charge in [-0.3, -0.25) is 10.5 Å². The van der Waals surface area contributed by atoms with E-state index in [2.05, 4.69) is 0 Å². The van der Waals surface area contributed by atoms with Crippen LogP contribution < -0.4 is 17.2 Å². The molecule has 0 saturated carbocycles. The quantitative estimate of drug-likeness (QED) is 0.392. The molecule has 41 valence electrons. The van der Waals surface area contributed by atoms with Gasteiger partial charge in [-0.2, -0.15) is 0 Å². The van der Waals surface area contributed by atoms with Crippen molar-refractivity contribution < 1.29 is 4.79 Å². The molecular weight excluding hydrogens is 94.1 g/mol. The number of carbonyl (C=O) groups is 1. The number of nitrogens with one attached hydrogen (secondary N) is 1. The Bertz CT molecular complexity index is 82.7. The lowest BCUT2D eigenvalue weighted by Gasteiger charge is -2.10. The largest absolute Gasteiger partial charge is 0.306 e. The highest BCUT2D eigenvalue weighted by Gasteiger charge is 2.18. The average Bonchev–Trinajstić information content (AvgIpc) is 1.31. The fourth-order valence-corrected chi connectivity index (χ4v) is 0. The van der Waals surface area contributed by atoms with Crippen molar-refractivity contribution in [3.63, 3.8) is 0 Å². The van der Waals surface area contributed by atoms with Crippen LogP contribution in [0.3, 0.4) is 0 Å². The van der Waals surface area contributed by atoms with Gasteiger partial charge in [0, 0.05) is 0 Å². The second kappa shape index (κ2) is 1.48. The fourth-order valence-electron chi connectivity index (χ4n) is 0. The first-order valence-electron chi connectivity index (χ1n) is 1.78. The van der Waals surface area contributed by atoms with E-state index in [1.54, 1.807) is 0 Å². The molecule has 0 atom stereocenters. The molecule has 0 aliphatic rings. The summed E-state index contributed by atoms with van der Waals surface area (Å²) in [5.74, 6) is -0.951. The van der Waals surface area contributed by atoms with Gasteiger partial charge in [-0.1, -0.05) is 0 Å². The molecule has 0 aromatic rings. The summed E-state index contributed by atoms with van der Waals surface area (Å²) in [6.07, 6.45) is 0. The summed E-state index contributed by atoms with van der Waals surface area (Å²) >= 11 is 0. The van der Waals surface area contributed by atoms with Crippen LogP contribution in [-0.2, 0) is 4.79 Å². The number of amides is 1. The van der Waals surface area contributed by atoms with E-state index >= 15 is 0 Å². The standard InChI is InChI=1S/C3H8N3O/c1-3(5,6)2(4)7/h4H,5-6H2,1H3. The summed E-state index contributed by atoms with van der Waals surface area (Å²) in [4.78, 5) is 9.88. The summed E-state index contributed by atoms with van der Waals surface area (Å²) in [5, 5.41) is 0. The Morgan fingerprint density at radius 3 is 1.86 bits per heavy atom. The molecule has 0 spiro atoms. The second-order valence-corrected chi connectivity index (χ2v) is 1.61. The smallest absolute Gasteiger partial charge is 0.272 e. The zero-order chi connectivity index (χ0) is 6.08. The van der Waals surface area contributed by atoms with E-state index in [-0.39, 0.29) is 0 Å². The van der Waals surface area contributed by atoms with Crippen molar-refractivity contribution in [1.29, 1.82) is 0 Å². The van der Waals surface area contributed by atoms with Crippen LogP contribution in [0.4, 0.5) is 0 Å². The van der Waals surface area contributed by atoms with Gasteiger partial charge in [-0.25, -0.2) is 0 Å². The summed E-state index contributed by atoms with van der Waals surface area (Å²) in [6, 6.07) is 0. The molecule has 0 heterocycles. The van der Waals surface area contributed by atoms with E-state index in [4.69, 9.17) is 17.2 Å². The van der Waals surface area contributed by atoms with E-state index in [9.17, 15) is 4.79 Å². The Kier molecular flexibility index (Phi) is 1.35. The van der Waals surface area contributed by atoms with E-state index in [0.717, 1.165) is 0 Å². The van der Waals surface area contributed by atoms with Crippen molar-refractivity contribution in [2.24, 2.45) is 11.5 Å². The average molecular weight is 102 g/mol. The van der Waals surface area contributed by atoms with Crippen LogP contribution in [-0.4, -0.2) is 11.6 Å². The number of carbonyl (C=O) groups excluding carboxylic acids is 1. The molecule has 7 heavy (non-hydrogen) atoms. The maximum Gasteiger partial charge on any atom is 0.272 e. The first-order chi connectivity index (χ1) is 2.94. The van der Waals surface area contributed by atoms with Gasteiger partial charge in [-0.05, 0) is 6.92 Å². The summed E-state index contributed by atoms with van der Waals surface area (Å²) in [6.45, 7) is 1.28. The first kappa shape index (κ1) is 6.39. The first-order valence-corrected chi connectivity index (χ1v) is 1.78. The van der Waals surface area contributed by atoms with E-state index in [0.29, 0.717) is 0 Å². The third-order valence-corrected chi connectivity index (χ3v) is 0.489. The normalized spacial score (nSPS) is 11.3. The molecule has 0 aliphatic carbocycles. The van der Waals surface area contributed by atoms with Crippen molar-refractivity contribution in [2.75, 3.05) is 0 Å². The Labute approximate surface area is 41.7 Å². The monoisotopic (exact) mass is 102 g/mol. The van der Waals surface area contributed by atoms with Gasteiger partial charge in [0.15, 0.2) is 0 Å². The maximum absolute atomic E-state index is 9.88. The summed E-state index contributed by atoms with van der Waals surface area (Å²) in [7, 11) is 0. The lowest BCUT2D eigenvalue weighted by Crippen LogP contribution is -2.54. The third kappa shape index (κ3) is 2.13. The molecule has 0 fully saturated rings. The molecule has 4 nitrogen and oxygen atoms in total. The van der Waals surface area contributed by atoms with Gasteiger partial charge >= 0.3 is 0 Å². The highest BCUT2D eigenvalue weighted by atomic mass is 16.1. The molecule has 1 amide bonds. The van der Waals surface area contributed by atoms with Crippen LogP contribution >= 0.6 is 0 Å². The number of hydrogen-bond acceptors (Lipinski definition) is 3. The lowest BCUT2D eigenvalue weighted by molar-refractivity contribution is -0.123. The predicted molar refractivity (Wildman–Crippen MR) is 24.9 cm³/mol. The molecule has 0 unspecified atom stereocenters. The van der Waals surface area contributed by atoms with Crippen molar-refractivity contribution in [2.45, 2.75) is 12.6 Å². The van der Waals surface area contributed by atoms with Crippen molar-refractivity contribution in [1.82, 2.24) is 5.73 Å². The maximum atomic E-state index is 9.88. The minimum Gasteiger partial charge on any atom is -0.306 e. The van der Waals surface area contributed by atoms with Crippen LogP contribution in [0.15, 0.2) is 0 Å². The third-order valence-electron chi connectivity index (χ3n) is 0.489. The molecule has 0 rings (SSSR count). The Morgan fingerprint density at radius 2 is 1.86 bits per heavy atom. The molecular formula is C3H8N3O. The molecule has 0 aliphatic heterocycles. The van der Waals surface area contributed by atoms with Gasteiger partial charge < -0.3 is 11.5 Å². The summed E-state index contributed by atoms with van der Waals surface area (Å²) < 4.78 is 0. The van der Waals surface area contributed by atoms with Crippen molar-refractivity contribution in [3.05, 3.63) is 0 Å². The molecule has 1 radical (unpaired) electrons. The van der Waals surface area contributed by atoms with Gasteiger partial charge in [0.2, 0.25) is 0 Å². The van der Waals surface area contributed by atoms with Crippen molar-refractivity contribution >= 4 is 5.91 Å². The highest BCUT2D eigenvalue weighted by molar-refractivity contribution is 5.82. The van der Waals surface area contributed by atoms with E-state index in [1.165, 1.54) is 6.92 Å². The summed E-state index contributed by atoms with van der Waals surface area (Å²) in [5.41, 5.74) is 14.7. The molecule has 5 N–H and O–H groups in total. The zero-order valence-corrected chi connectivity index (χ0v) is 4.06. The van der Waals surface area contributed by atoms with E-state index in [1.807, 2.05) is 0 Å². The van der Waals surface area contributed by atoms with Gasteiger partial charge in [0.1, 0.15) is 5.66 Å². The Hall–Kier alpha value is -0.610. The number of nitrogens with two attached hydrogens (primary N) is 2. The van der Waals surface area contributed by atoms with Gasteiger partial charge in [0.05, 0.1) is 0 Å². The second-order valence-electron chi connectivity index (χ2n) is 1.61. The number of rotatable bonds is 1. The van der Waals surface area contributed by atoms with Crippen molar-refractivity contribution in [3.8, 4) is 0 Å². The van der Waals surface area contributed by atoms with Gasteiger partial charge in [-0.15, -0.1) is 0 Å². The SMILES string of the molecule is CC(N)(N)C([NH])=O. The van der Waals surface area contributed by atoms with Crippen LogP contribution in [0.1, 0.15) is 6.92 Å². The fraction of sp³-hybridized carbons (Fsp3) is 0.667.